The zero-order valence-electron chi connectivity index (χ0n) is 16.0. The first-order valence-corrected chi connectivity index (χ1v) is 10.1. The quantitative estimate of drug-likeness (QED) is 0.494. The molecule has 0 amide bonds. The molecule has 1 unspecified atom stereocenters. The minimum Gasteiger partial charge on any atom is -0.465 e. The van der Waals surface area contributed by atoms with E-state index in [1.54, 1.807) is 6.07 Å². The van der Waals surface area contributed by atoms with Gasteiger partial charge in [-0.2, -0.15) is 0 Å². The van der Waals surface area contributed by atoms with E-state index in [1.807, 2.05) is 25.1 Å². The SMILES string of the molecule is CCCCCOC(=O)C1C(C)=NC2=C(C(=O)CCC2)[C@H]1c1ccccc1Cl. The number of halogens is 1. The molecule has 3 rings (SSSR count). The Hall–Kier alpha value is -1.94. The van der Waals surface area contributed by atoms with Gasteiger partial charge in [-0.1, -0.05) is 49.6 Å². The van der Waals surface area contributed by atoms with Crippen LogP contribution in [0.15, 0.2) is 40.5 Å². The molecule has 144 valence electrons. The maximum atomic E-state index is 13.0. The van der Waals surface area contributed by atoms with Gasteiger partial charge in [0.2, 0.25) is 0 Å². The Morgan fingerprint density at radius 1 is 1.26 bits per heavy atom. The number of ketones is 1. The molecule has 2 aliphatic rings. The summed E-state index contributed by atoms with van der Waals surface area (Å²) in [6.07, 6.45) is 4.98. The van der Waals surface area contributed by atoms with Gasteiger partial charge in [-0.05, 0) is 37.8 Å². The lowest BCUT2D eigenvalue weighted by atomic mass is 9.72. The molecular formula is C22H26ClNO3. The minimum atomic E-state index is -0.604. The lowest BCUT2D eigenvalue weighted by Crippen LogP contribution is -2.37. The number of aliphatic imine (C=N–C) groups is 1. The van der Waals surface area contributed by atoms with E-state index in [1.165, 1.54) is 0 Å². The van der Waals surface area contributed by atoms with E-state index in [-0.39, 0.29) is 11.8 Å². The second-order valence-corrected chi connectivity index (χ2v) is 7.65. The van der Waals surface area contributed by atoms with Gasteiger partial charge in [0.15, 0.2) is 5.78 Å². The molecule has 0 fully saturated rings. The van der Waals surface area contributed by atoms with Crippen molar-refractivity contribution in [2.75, 3.05) is 6.61 Å². The number of carbonyl (C=O) groups is 2. The van der Waals surface area contributed by atoms with Crippen LogP contribution in [0.25, 0.3) is 0 Å². The van der Waals surface area contributed by atoms with Crippen molar-refractivity contribution >= 4 is 29.1 Å². The summed E-state index contributed by atoms with van der Waals surface area (Å²) in [7, 11) is 0. The minimum absolute atomic E-state index is 0.0706. The van der Waals surface area contributed by atoms with Gasteiger partial charge in [0.25, 0.3) is 0 Å². The molecule has 1 aliphatic heterocycles. The molecule has 0 aromatic heterocycles. The number of Topliss-reactive ketones (excluding diaryl/α,β-unsaturated/α-hetero) is 1. The Morgan fingerprint density at radius 2 is 2.04 bits per heavy atom. The number of rotatable bonds is 6. The third kappa shape index (κ3) is 4.16. The molecule has 0 spiro atoms. The van der Waals surface area contributed by atoms with Crippen LogP contribution in [-0.4, -0.2) is 24.1 Å². The van der Waals surface area contributed by atoms with Crippen LogP contribution in [0.3, 0.4) is 0 Å². The summed E-state index contributed by atoms with van der Waals surface area (Å²) in [5.74, 6) is -1.27. The number of ether oxygens (including phenoxy) is 1. The van der Waals surface area contributed by atoms with E-state index in [0.717, 1.165) is 43.4 Å². The highest BCUT2D eigenvalue weighted by atomic mass is 35.5. The van der Waals surface area contributed by atoms with Crippen molar-refractivity contribution in [2.24, 2.45) is 10.9 Å². The van der Waals surface area contributed by atoms with Crippen LogP contribution in [0.1, 0.15) is 63.9 Å². The molecule has 4 nitrogen and oxygen atoms in total. The van der Waals surface area contributed by atoms with Gasteiger partial charge in [0, 0.05) is 34.3 Å². The molecule has 2 atom stereocenters. The Bertz CT molecular complexity index is 797. The Morgan fingerprint density at radius 3 is 2.78 bits per heavy atom. The summed E-state index contributed by atoms with van der Waals surface area (Å²) in [5.41, 5.74) is 2.96. The number of carbonyl (C=O) groups excluding carboxylic acids is 2. The van der Waals surface area contributed by atoms with Crippen molar-refractivity contribution in [2.45, 2.75) is 58.3 Å². The Kier molecular flexibility index (Phi) is 6.48. The monoisotopic (exact) mass is 387 g/mol. The molecule has 1 heterocycles. The Balaban J connectivity index is 1.99. The number of nitrogens with zero attached hydrogens (tertiary/aromatic N) is 1. The first-order chi connectivity index (χ1) is 13.0. The number of allylic oxidation sites excluding steroid dienone is 2. The van der Waals surface area contributed by atoms with Crippen LogP contribution >= 0.6 is 11.6 Å². The number of benzene rings is 1. The van der Waals surface area contributed by atoms with E-state index in [9.17, 15) is 9.59 Å². The van der Waals surface area contributed by atoms with Crippen LogP contribution in [0.5, 0.6) is 0 Å². The van der Waals surface area contributed by atoms with E-state index in [4.69, 9.17) is 16.3 Å². The molecule has 27 heavy (non-hydrogen) atoms. The van der Waals surface area contributed by atoms with Crippen LogP contribution in [0.4, 0.5) is 0 Å². The summed E-state index contributed by atoms with van der Waals surface area (Å²) < 4.78 is 5.56. The number of unbranched alkanes of at least 4 members (excludes halogenated alkanes) is 2. The van der Waals surface area contributed by atoms with Crippen LogP contribution < -0.4 is 0 Å². The molecule has 0 radical (unpaired) electrons. The summed E-state index contributed by atoms with van der Waals surface area (Å²) in [5, 5.41) is 0.561. The van der Waals surface area contributed by atoms with Gasteiger partial charge < -0.3 is 4.74 Å². The molecule has 1 aliphatic carbocycles. The topological polar surface area (TPSA) is 55.7 Å². The second-order valence-electron chi connectivity index (χ2n) is 7.24. The maximum Gasteiger partial charge on any atom is 0.315 e. The largest absolute Gasteiger partial charge is 0.465 e. The van der Waals surface area contributed by atoms with Gasteiger partial charge in [0.1, 0.15) is 5.92 Å². The van der Waals surface area contributed by atoms with Crippen molar-refractivity contribution in [1.29, 1.82) is 0 Å². The highest BCUT2D eigenvalue weighted by Gasteiger charge is 2.43. The first kappa shape index (κ1) is 19.8. The fourth-order valence-corrected chi connectivity index (χ4v) is 4.24. The summed E-state index contributed by atoms with van der Waals surface area (Å²) >= 11 is 6.47. The number of esters is 1. The highest BCUT2D eigenvalue weighted by molar-refractivity contribution is 6.31. The van der Waals surface area contributed by atoms with Crippen molar-refractivity contribution < 1.29 is 14.3 Å². The zero-order valence-corrected chi connectivity index (χ0v) is 16.7. The molecule has 1 aromatic carbocycles. The van der Waals surface area contributed by atoms with Crippen molar-refractivity contribution in [3.63, 3.8) is 0 Å². The van der Waals surface area contributed by atoms with Crippen molar-refractivity contribution in [3.8, 4) is 0 Å². The highest BCUT2D eigenvalue weighted by Crippen LogP contribution is 2.45. The fraction of sp³-hybridized carbons (Fsp3) is 0.500. The third-order valence-corrected chi connectivity index (χ3v) is 5.67. The fourth-order valence-electron chi connectivity index (χ4n) is 3.99. The third-order valence-electron chi connectivity index (χ3n) is 5.32. The summed E-state index contributed by atoms with van der Waals surface area (Å²) in [4.78, 5) is 30.4. The van der Waals surface area contributed by atoms with Gasteiger partial charge >= 0.3 is 5.97 Å². The van der Waals surface area contributed by atoms with Crippen LogP contribution in [-0.2, 0) is 14.3 Å². The van der Waals surface area contributed by atoms with Gasteiger partial charge in [-0.25, -0.2) is 0 Å². The number of hydrogen-bond donors (Lipinski definition) is 0. The van der Waals surface area contributed by atoms with Crippen molar-refractivity contribution in [3.05, 3.63) is 46.1 Å². The van der Waals surface area contributed by atoms with Crippen LogP contribution in [0, 0.1) is 5.92 Å². The zero-order chi connectivity index (χ0) is 19.4. The molecule has 0 saturated heterocycles. The van der Waals surface area contributed by atoms with Gasteiger partial charge in [-0.15, -0.1) is 0 Å². The van der Waals surface area contributed by atoms with E-state index in [0.29, 0.717) is 29.3 Å². The number of hydrogen-bond acceptors (Lipinski definition) is 4. The lowest BCUT2D eigenvalue weighted by molar-refractivity contribution is -0.146. The van der Waals surface area contributed by atoms with E-state index in [2.05, 4.69) is 11.9 Å². The average molecular weight is 388 g/mol. The summed E-state index contributed by atoms with van der Waals surface area (Å²) in [6, 6.07) is 7.44. The van der Waals surface area contributed by atoms with Gasteiger partial charge in [0.05, 0.1) is 6.61 Å². The van der Waals surface area contributed by atoms with E-state index >= 15 is 0 Å². The molecule has 0 saturated carbocycles. The molecule has 5 heteroatoms. The predicted octanol–water partition coefficient (Wildman–Crippen LogP) is 5.25. The molecule has 1 aromatic rings. The predicted molar refractivity (Wildman–Crippen MR) is 107 cm³/mol. The van der Waals surface area contributed by atoms with Crippen LogP contribution in [0.2, 0.25) is 5.02 Å². The molecule has 0 N–H and O–H groups in total. The molecular weight excluding hydrogens is 362 g/mol. The summed E-state index contributed by atoms with van der Waals surface area (Å²) in [6.45, 7) is 4.35. The standard InChI is InChI=1S/C22H26ClNO3/c1-3-4-7-13-27-22(26)19-14(2)24-17-11-8-12-18(25)21(17)20(19)15-9-5-6-10-16(15)23/h5-6,9-10,19-20H,3-4,7-8,11-13H2,1-2H3/t19?,20-/m0/s1. The second kappa shape index (κ2) is 8.83. The Labute approximate surface area is 165 Å². The smallest absolute Gasteiger partial charge is 0.315 e. The van der Waals surface area contributed by atoms with Gasteiger partial charge in [-0.3, -0.25) is 14.6 Å². The van der Waals surface area contributed by atoms with E-state index < -0.39 is 11.8 Å². The first-order valence-electron chi connectivity index (χ1n) is 9.77. The normalized spacial score (nSPS) is 22.3. The molecule has 0 bridgehead atoms. The van der Waals surface area contributed by atoms with Crippen molar-refractivity contribution in [1.82, 2.24) is 0 Å². The lowest BCUT2D eigenvalue weighted by Gasteiger charge is -2.34. The average Bonchev–Trinajstić information content (AvgIpc) is 2.65. The maximum absolute atomic E-state index is 13.0.